The summed E-state index contributed by atoms with van der Waals surface area (Å²) in [5.74, 6) is 1.01. The Bertz CT molecular complexity index is 892. The molecule has 3 aromatic rings. The summed E-state index contributed by atoms with van der Waals surface area (Å²) in [4.78, 5) is 24.9. The van der Waals surface area contributed by atoms with Crippen molar-refractivity contribution in [3.63, 3.8) is 0 Å². The van der Waals surface area contributed by atoms with Gasteiger partial charge in [0.1, 0.15) is 11.9 Å². The first-order valence-electron chi connectivity index (χ1n) is 8.37. The Hall–Kier alpha value is -3.33. The minimum atomic E-state index is -0.413. The van der Waals surface area contributed by atoms with Gasteiger partial charge in [0.25, 0.3) is 5.91 Å². The molecule has 3 rings (SSSR count). The molecule has 3 N–H and O–H groups in total. The van der Waals surface area contributed by atoms with Crippen LogP contribution in [0.15, 0.2) is 41.2 Å². The van der Waals surface area contributed by atoms with E-state index in [9.17, 15) is 4.79 Å². The highest BCUT2D eigenvalue weighted by atomic mass is 16.5. The first kappa shape index (κ1) is 18.5. The lowest BCUT2D eigenvalue weighted by Crippen LogP contribution is -2.26. The summed E-state index contributed by atoms with van der Waals surface area (Å²) in [6, 6.07) is 6.62. The molecule has 9 nitrogen and oxygen atoms in total. The summed E-state index contributed by atoms with van der Waals surface area (Å²) in [7, 11) is 1.61. The molecule has 1 aromatic carbocycles. The van der Waals surface area contributed by atoms with Crippen molar-refractivity contribution in [2.24, 2.45) is 0 Å². The first-order valence-corrected chi connectivity index (χ1v) is 8.37. The van der Waals surface area contributed by atoms with Crippen molar-refractivity contribution in [1.82, 2.24) is 25.4 Å². The molecule has 0 bridgehead atoms. The molecule has 1 amide bonds. The summed E-state index contributed by atoms with van der Waals surface area (Å²) < 4.78 is 10.2. The van der Waals surface area contributed by atoms with Gasteiger partial charge in [0.05, 0.1) is 24.7 Å². The highest BCUT2D eigenvalue weighted by Crippen LogP contribution is 2.18. The van der Waals surface area contributed by atoms with Crippen molar-refractivity contribution in [2.75, 3.05) is 19.5 Å². The molecule has 0 saturated carbocycles. The second-order valence-corrected chi connectivity index (χ2v) is 5.89. The predicted octanol–water partition coefficient (Wildman–Crippen LogP) is 1.79. The zero-order valence-electron chi connectivity index (χ0n) is 15.0. The molecule has 0 unspecified atom stereocenters. The maximum absolute atomic E-state index is 12.4. The van der Waals surface area contributed by atoms with Gasteiger partial charge >= 0.3 is 0 Å². The Morgan fingerprint density at radius 3 is 2.70 bits per heavy atom. The summed E-state index contributed by atoms with van der Waals surface area (Å²) in [6.45, 7) is 2.29. The number of ether oxygens (including phenoxy) is 1. The van der Waals surface area contributed by atoms with Crippen LogP contribution in [0.25, 0.3) is 11.3 Å². The van der Waals surface area contributed by atoms with Crippen LogP contribution in [-0.4, -0.2) is 39.7 Å². The molecule has 0 aliphatic carbocycles. The van der Waals surface area contributed by atoms with Crippen LogP contribution in [0.2, 0.25) is 0 Å². The highest BCUT2D eigenvalue weighted by Gasteiger charge is 2.17. The van der Waals surface area contributed by atoms with Gasteiger partial charge in [-0.2, -0.15) is 4.98 Å². The SMILES string of the molecule is COCCc1noc([C@@H](C)NC(=O)c2ccc(-c3cnc(N)cn3)cc2)n1. The number of carbonyl (C=O) groups is 1. The van der Waals surface area contributed by atoms with Gasteiger partial charge < -0.3 is 20.3 Å². The van der Waals surface area contributed by atoms with Gasteiger partial charge in [-0.15, -0.1) is 0 Å². The molecule has 0 fully saturated rings. The van der Waals surface area contributed by atoms with Crippen LogP contribution in [0, 0.1) is 0 Å². The Morgan fingerprint density at radius 2 is 2.04 bits per heavy atom. The minimum absolute atomic E-state index is 0.242. The first-order chi connectivity index (χ1) is 13.1. The summed E-state index contributed by atoms with van der Waals surface area (Å²) >= 11 is 0. The van der Waals surface area contributed by atoms with E-state index in [1.54, 1.807) is 44.5 Å². The van der Waals surface area contributed by atoms with Gasteiger partial charge in [-0.05, 0) is 19.1 Å². The Balaban J connectivity index is 1.63. The molecule has 0 radical (unpaired) electrons. The Labute approximate surface area is 156 Å². The van der Waals surface area contributed by atoms with E-state index in [1.165, 1.54) is 6.20 Å². The molecular weight excluding hydrogens is 348 g/mol. The van der Waals surface area contributed by atoms with Gasteiger partial charge in [0.2, 0.25) is 5.89 Å². The van der Waals surface area contributed by atoms with E-state index in [0.717, 1.165) is 5.56 Å². The number of benzene rings is 1. The lowest BCUT2D eigenvalue weighted by atomic mass is 10.1. The number of nitrogens with one attached hydrogen (secondary N) is 1. The number of hydrogen-bond acceptors (Lipinski definition) is 8. The molecule has 27 heavy (non-hydrogen) atoms. The fourth-order valence-corrected chi connectivity index (χ4v) is 2.36. The third-order valence-electron chi connectivity index (χ3n) is 3.85. The van der Waals surface area contributed by atoms with Crippen LogP contribution in [0.4, 0.5) is 5.82 Å². The van der Waals surface area contributed by atoms with E-state index in [4.69, 9.17) is 15.0 Å². The average molecular weight is 368 g/mol. The third kappa shape index (κ3) is 4.64. The number of carbonyl (C=O) groups excluding carboxylic acids is 1. The molecule has 0 saturated heterocycles. The van der Waals surface area contributed by atoms with Crippen molar-refractivity contribution in [3.05, 3.63) is 53.9 Å². The van der Waals surface area contributed by atoms with Crippen LogP contribution >= 0.6 is 0 Å². The summed E-state index contributed by atoms with van der Waals surface area (Å²) in [5.41, 5.74) is 7.57. The average Bonchev–Trinajstić information content (AvgIpc) is 3.16. The largest absolute Gasteiger partial charge is 0.384 e. The van der Waals surface area contributed by atoms with Crippen molar-refractivity contribution in [3.8, 4) is 11.3 Å². The van der Waals surface area contributed by atoms with Crippen LogP contribution in [0.1, 0.15) is 35.0 Å². The van der Waals surface area contributed by atoms with Crippen molar-refractivity contribution in [2.45, 2.75) is 19.4 Å². The number of amides is 1. The zero-order chi connectivity index (χ0) is 19.2. The standard InChI is InChI=1S/C18H20N6O3/c1-11(18-23-16(24-27-18)7-8-26-2)22-17(25)13-5-3-12(4-6-13)14-9-21-15(19)10-20-14/h3-6,9-11H,7-8H2,1-2H3,(H2,19,21)(H,22,25)/t11-/m1/s1. The van der Waals surface area contributed by atoms with E-state index >= 15 is 0 Å². The molecule has 9 heteroatoms. The Morgan fingerprint density at radius 1 is 1.26 bits per heavy atom. The van der Waals surface area contributed by atoms with Gasteiger partial charge in [-0.1, -0.05) is 17.3 Å². The molecule has 140 valence electrons. The zero-order valence-corrected chi connectivity index (χ0v) is 15.0. The number of hydrogen-bond donors (Lipinski definition) is 2. The Kier molecular flexibility index (Phi) is 5.72. The van der Waals surface area contributed by atoms with Crippen LogP contribution in [0.5, 0.6) is 0 Å². The number of nitrogens with zero attached hydrogens (tertiary/aromatic N) is 4. The maximum atomic E-state index is 12.4. The van der Waals surface area contributed by atoms with Crippen LogP contribution < -0.4 is 11.1 Å². The topological polar surface area (TPSA) is 129 Å². The van der Waals surface area contributed by atoms with Gasteiger partial charge in [-0.3, -0.25) is 9.78 Å². The monoisotopic (exact) mass is 368 g/mol. The molecule has 2 aromatic heterocycles. The van der Waals surface area contributed by atoms with E-state index in [2.05, 4.69) is 25.4 Å². The van der Waals surface area contributed by atoms with Crippen LogP contribution in [-0.2, 0) is 11.2 Å². The normalized spacial score (nSPS) is 11.9. The minimum Gasteiger partial charge on any atom is -0.384 e. The second-order valence-electron chi connectivity index (χ2n) is 5.89. The van der Waals surface area contributed by atoms with Crippen molar-refractivity contribution >= 4 is 11.7 Å². The third-order valence-corrected chi connectivity index (χ3v) is 3.85. The van der Waals surface area contributed by atoms with Gasteiger partial charge in [0.15, 0.2) is 5.82 Å². The fourth-order valence-electron chi connectivity index (χ4n) is 2.36. The van der Waals surface area contributed by atoms with E-state index in [0.29, 0.717) is 41.8 Å². The van der Waals surface area contributed by atoms with E-state index in [-0.39, 0.29) is 5.91 Å². The van der Waals surface area contributed by atoms with Crippen molar-refractivity contribution in [1.29, 1.82) is 0 Å². The number of anilines is 1. The molecule has 0 spiro atoms. The van der Waals surface area contributed by atoms with Crippen LogP contribution in [0.3, 0.4) is 0 Å². The van der Waals surface area contributed by atoms with Gasteiger partial charge in [-0.25, -0.2) is 4.98 Å². The van der Waals surface area contributed by atoms with Gasteiger partial charge in [0, 0.05) is 24.7 Å². The number of nitrogen functional groups attached to an aromatic ring is 1. The lowest BCUT2D eigenvalue weighted by Gasteiger charge is -2.10. The number of rotatable bonds is 7. The van der Waals surface area contributed by atoms with Crippen molar-refractivity contribution < 1.29 is 14.1 Å². The lowest BCUT2D eigenvalue weighted by molar-refractivity contribution is 0.0932. The van der Waals surface area contributed by atoms with E-state index < -0.39 is 6.04 Å². The smallest absolute Gasteiger partial charge is 0.251 e. The fraction of sp³-hybridized carbons (Fsp3) is 0.278. The quantitative estimate of drug-likeness (QED) is 0.646. The number of nitrogens with two attached hydrogens (primary N) is 1. The molecule has 2 heterocycles. The predicted molar refractivity (Wildman–Crippen MR) is 97.6 cm³/mol. The molecular formula is C18H20N6O3. The number of aromatic nitrogens is 4. The highest BCUT2D eigenvalue weighted by molar-refractivity contribution is 5.94. The maximum Gasteiger partial charge on any atom is 0.251 e. The molecule has 0 aliphatic heterocycles. The molecule has 0 aliphatic rings. The summed E-state index contributed by atoms with van der Waals surface area (Å²) in [5, 5.41) is 6.70. The second kappa shape index (κ2) is 8.37. The van der Waals surface area contributed by atoms with E-state index in [1.807, 2.05) is 0 Å². The molecule has 1 atom stereocenters. The number of methoxy groups -OCH3 is 1. The summed E-state index contributed by atoms with van der Waals surface area (Å²) in [6.07, 6.45) is 3.63.